The molecule has 0 radical (unpaired) electrons. The van der Waals surface area contributed by atoms with Crippen molar-refractivity contribution in [3.8, 4) is 0 Å². The summed E-state index contributed by atoms with van der Waals surface area (Å²) >= 11 is 0. The zero-order valence-corrected chi connectivity index (χ0v) is 31.4. The predicted molar refractivity (Wildman–Crippen MR) is 167 cm³/mol. The van der Waals surface area contributed by atoms with Gasteiger partial charge in [-0.1, -0.05) is 125 Å². The predicted octanol–water partition coefficient (Wildman–Crippen LogP) is 6.57. The van der Waals surface area contributed by atoms with Gasteiger partial charge in [-0.25, -0.2) is 0 Å². The number of aliphatic hydroxyl groups excluding tert-OH is 6. The SMILES string of the molecule is CC(C)(C)C(O)CC(O)C(C)(C)C.CC(C)(C)C(O)CC(O)C(C)(C)C.CC(C)(C)C(O)CC(O)C(C)(C)C.[Er]. The number of hydrogen-bond donors (Lipinski definition) is 6. The molecule has 0 saturated carbocycles. The Hall–Kier alpha value is 1.01. The third kappa shape index (κ3) is 23.5. The summed E-state index contributed by atoms with van der Waals surface area (Å²) < 4.78 is 0. The first-order valence-electron chi connectivity index (χ1n) is 14.7. The minimum absolute atomic E-state index is 0. The van der Waals surface area contributed by atoms with Crippen LogP contribution in [0.3, 0.4) is 0 Å². The van der Waals surface area contributed by atoms with Gasteiger partial charge in [-0.15, -0.1) is 0 Å². The van der Waals surface area contributed by atoms with Crippen LogP contribution >= 0.6 is 0 Å². The first-order valence-corrected chi connectivity index (χ1v) is 14.7. The van der Waals surface area contributed by atoms with Crippen molar-refractivity contribution in [3.05, 3.63) is 0 Å². The number of hydrogen-bond acceptors (Lipinski definition) is 6. The van der Waals surface area contributed by atoms with Crippen molar-refractivity contribution in [1.82, 2.24) is 0 Å². The van der Waals surface area contributed by atoms with Gasteiger partial charge in [-0.05, 0) is 32.5 Å². The summed E-state index contributed by atoms with van der Waals surface area (Å²) in [6.45, 7) is 35.6. The standard InChI is InChI=1S/3C11H24O2.Er/c3*1-10(2,3)8(12)7-9(13)11(4,5)6;/h3*8-9,12-13H,7H2,1-6H3;. The molecule has 40 heavy (non-hydrogen) atoms. The van der Waals surface area contributed by atoms with E-state index < -0.39 is 36.6 Å². The fourth-order valence-electron chi connectivity index (χ4n) is 2.76. The first kappa shape index (κ1) is 47.9. The molecule has 0 bridgehead atoms. The molecule has 0 aromatic rings. The van der Waals surface area contributed by atoms with Crippen molar-refractivity contribution in [2.75, 3.05) is 0 Å². The molecule has 0 heterocycles. The molecule has 6 N–H and O–H groups in total. The molecule has 0 aromatic heterocycles. The minimum atomic E-state index is -0.443. The normalized spacial score (nSPS) is 18.0. The van der Waals surface area contributed by atoms with Crippen LogP contribution in [0.1, 0.15) is 144 Å². The van der Waals surface area contributed by atoms with Crippen molar-refractivity contribution in [1.29, 1.82) is 0 Å². The van der Waals surface area contributed by atoms with Crippen LogP contribution in [0.5, 0.6) is 0 Å². The van der Waals surface area contributed by atoms with Gasteiger partial charge < -0.3 is 30.6 Å². The molecule has 0 fully saturated rings. The molecular formula is C33H72ErO6. The van der Waals surface area contributed by atoms with Crippen molar-refractivity contribution in [2.24, 2.45) is 32.5 Å². The summed E-state index contributed by atoms with van der Waals surface area (Å²) in [6, 6.07) is 0. The maximum atomic E-state index is 9.76. The number of aliphatic hydroxyl groups is 6. The summed E-state index contributed by atoms with van der Waals surface area (Å²) in [6.07, 6.45) is -1.30. The molecule has 0 aliphatic rings. The van der Waals surface area contributed by atoms with Gasteiger partial charge in [0.15, 0.2) is 0 Å². The Balaban J connectivity index is -0.000000240. The van der Waals surface area contributed by atoms with E-state index in [1.165, 1.54) is 0 Å². The monoisotopic (exact) mass is 730 g/mol. The summed E-state index contributed by atoms with van der Waals surface area (Å²) in [4.78, 5) is 0. The zero-order chi connectivity index (χ0) is 32.6. The summed E-state index contributed by atoms with van der Waals surface area (Å²) in [5.74, 6) is 0. The Morgan fingerprint density at radius 2 is 0.350 bits per heavy atom. The van der Waals surface area contributed by atoms with Crippen molar-refractivity contribution < 1.29 is 67.9 Å². The van der Waals surface area contributed by atoms with Crippen molar-refractivity contribution >= 4 is 0 Å². The van der Waals surface area contributed by atoms with Gasteiger partial charge in [0.05, 0.1) is 36.6 Å². The molecule has 0 aliphatic heterocycles. The Morgan fingerprint density at radius 1 is 0.275 bits per heavy atom. The molecular weight excluding hydrogens is 660 g/mol. The Bertz CT molecular complexity index is 494. The van der Waals surface area contributed by atoms with Crippen LogP contribution in [-0.4, -0.2) is 67.3 Å². The van der Waals surface area contributed by atoms with Gasteiger partial charge in [-0.2, -0.15) is 0 Å². The van der Waals surface area contributed by atoms with Crippen LogP contribution in [0.25, 0.3) is 0 Å². The van der Waals surface area contributed by atoms with Gasteiger partial charge in [-0.3, -0.25) is 0 Å². The van der Waals surface area contributed by atoms with Gasteiger partial charge >= 0.3 is 0 Å². The van der Waals surface area contributed by atoms with Gasteiger partial charge in [0.2, 0.25) is 0 Å². The summed E-state index contributed by atoms with van der Waals surface area (Å²) in [7, 11) is 0. The topological polar surface area (TPSA) is 121 Å². The van der Waals surface area contributed by atoms with E-state index in [9.17, 15) is 30.6 Å². The molecule has 6 unspecified atom stereocenters. The molecule has 252 valence electrons. The second-order valence-corrected chi connectivity index (χ2v) is 18.0. The molecule has 0 aromatic carbocycles. The quantitative estimate of drug-likeness (QED) is 0.184. The maximum Gasteiger partial charge on any atom is 0.0613 e. The zero-order valence-electron chi connectivity index (χ0n) is 29.6. The molecule has 0 amide bonds. The minimum Gasteiger partial charge on any atom is -0.392 e. The van der Waals surface area contributed by atoms with Gasteiger partial charge in [0.1, 0.15) is 0 Å². The number of rotatable bonds is 6. The largest absolute Gasteiger partial charge is 0.392 e. The average molecular weight is 732 g/mol. The second kappa shape index (κ2) is 18.1. The third-order valence-corrected chi connectivity index (χ3v) is 7.34. The average Bonchev–Trinajstić information content (AvgIpc) is 2.64. The van der Waals surface area contributed by atoms with Gasteiger partial charge in [0, 0.05) is 56.6 Å². The van der Waals surface area contributed by atoms with Crippen molar-refractivity contribution in [3.63, 3.8) is 0 Å². The molecule has 0 spiro atoms. The Morgan fingerprint density at radius 3 is 0.400 bits per heavy atom. The fraction of sp³-hybridized carbons (Fsp3) is 1.00. The van der Waals surface area contributed by atoms with Gasteiger partial charge in [0.25, 0.3) is 0 Å². The second-order valence-electron chi connectivity index (χ2n) is 18.0. The molecule has 0 rings (SSSR count). The van der Waals surface area contributed by atoms with Crippen LogP contribution in [-0.2, 0) is 0 Å². The van der Waals surface area contributed by atoms with E-state index in [2.05, 4.69) is 0 Å². The van der Waals surface area contributed by atoms with E-state index in [0.29, 0.717) is 19.3 Å². The third-order valence-electron chi connectivity index (χ3n) is 7.34. The Kier molecular flexibility index (Phi) is 21.7. The van der Waals surface area contributed by atoms with E-state index >= 15 is 0 Å². The summed E-state index contributed by atoms with van der Waals surface area (Å²) in [5.41, 5.74) is -0.880. The van der Waals surface area contributed by atoms with Crippen LogP contribution in [0, 0.1) is 69.8 Å². The Labute approximate surface area is 279 Å². The fourth-order valence-corrected chi connectivity index (χ4v) is 2.76. The van der Waals surface area contributed by atoms with Crippen LogP contribution in [0.15, 0.2) is 0 Å². The van der Waals surface area contributed by atoms with E-state index in [0.717, 1.165) is 0 Å². The molecule has 0 aliphatic carbocycles. The molecule has 0 saturated heterocycles. The van der Waals surface area contributed by atoms with E-state index in [4.69, 9.17) is 0 Å². The van der Waals surface area contributed by atoms with Crippen LogP contribution in [0.4, 0.5) is 0 Å². The maximum absolute atomic E-state index is 9.76. The first-order chi connectivity index (χ1) is 16.6. The van der Waals surface area contributed by atoms with E-state index in [1.807, 2.05) is 125 Å². The van der Waals surface area contributed by atoms with Crippen LogP contribution < -0.4 is 0 Å². The van der Waals surface area contributed by atoms with E-state index in [1.54, 1.807) is 0 Å². The van der Waals surface area contributed by atoms with E-state index in [-0.39, 0.29) is 69.8 Å². The van der Waals surface area contributed by atoms with Crippen molar-refractivity contribution in [2.45, 2.75) is 181 Å². The smallest absolute Gasteiger partial charge is 0.0613 e. The molecule has 7 heteroatoms. The molecule has 6 atom stereocenters. The van der Waals surface area contributed by atoms with Crippen LogP contribution in [0.2, 0.25) is 0 Å². The summed E-state index contributed by atoms with van der Waals surface area (Å²) in [5, 5.41) is 58.6. The molecule has 6 nitrogen and oxygen atoms in total.